The molecule has 1 N–H and O–H groups in total. The quantitative estimate of drug-likeness (QED) is 0.732. The SMILES string of the molecule is CN1C(=O)C(NC(=O)OCc2ccccc2)N=C(C2CCCCCC2)c2ccccc21. The van der Waals surface area contributed by atoms with Crippen molar-refractivity contribution in [2.75, 3.05) is 11.9 Å². The fourth-order valence-electron chi connectivity index (χ4n) is 4.40. The molecule has 2 aromatic carbocycles. The van der Waals surface area contributed by atoms with Gasteiger partial charge in [-0.1, -0.05) is 74.2 Å². The van der Waals surface area contributed by atoms with E-state index in [1.165, 1.54) is 12.8 Å². The molecule has 2 amide bonds. The van der Waals surface area contributed by atoms with Gasteiger partial charge in [0.2, 0.25) is 6.17 Å². The Morgan fingerprint density at radius 3 is 2.45 bits per heavy atom. The molecule has 1 aliphatic heterocycles. The van der Waals surface area contributed by atoms with E-state index in [0.717, 1.165) is 48.2 Å². The Balaban J connectivity index is 1.58. The van der Waals surface area contributed by atoms with Crippen LogP contribution in [0.1, 0.15) is 49.7 Å². The second-order valence-corrected chi connectivity index (χ2v) is 8.23. The predicted molar refractivity (Wildman–Crippen MR) is 121 cm³/mol. The number of rotatable bonds is 4. The van der Waals surface area contributed by atoms with Crippen LogP contribution in [0.2, 0.25) is 0 Å². The molecule has 31 heavy (non-hydrogen) atoms. The zero-order valence-electron chi connectivity index (χ0n) is 17.9. The van der Waals surface area contributed by atoms with Crippen molar-refractivity contribution in [3.05, 3.63) is 65.7 Å². The summed E-state index contributed by atoms with van der Waals surface area (Å²) in [6.07, 6.45) is 5.24. The van der Waals surface area contributed by atoms with Gasteiger partial charge in [0.25, 0.3) is 5.91 Å². The molecule has 6 heteroatoms. The Hall–Kier alpha value is -3.15. The number of anilines is 1. The third-order valence-corrected chi connectivity index (χ3v) is 6.08. The number of hydrogen-bond acceptors (Lipinski definition) is 4. The molecule has 4 rings (SSSR count). The van der Waals surface area contributed by atoms with E-state index >= 15 is 0 Å². The van der Waals surface area contributed by atoms with Crippen LogP contribution in [0.5, 0.6) is 0 Å². The molecule has 2 aromatic rings. The summed E-state index contributed by atoms with van der Waals surface area (Å²) in [4.78, 5) is 32.1. The lowest BCUT2D eigenvalue weighted by Gasteiger charge is -2.21. The minimum atomic E-state index is -1.00. The number of alkyl carbamates (subject to hydrolysis) is 1. The maximum atomic E-state index is 13.2. The van der Waals surface area contributed by atoms with Crippen LogP contribution >= 0.6 is 0 Å². The summed E-state index contributed by atoms with van der Waals surface area (Å²) < 4.78 is 5.34. The van der Waals surface area contributed by atoms with Crippen LogP contribution in [0.4, 0.5) is 10.5 Å². The molecule has 0 spiro atoms. The summed E-state index contributed by atoms with van der Waals surface area (Å²) in [6.45, 7) is 0.142. The van der Waals surface area contributed by atoms with E-state index in [1.54, 1.807) is 11.9 Å². The van der Waals surface area contributed by atoms with Gasteiger partial charge in [-0.05, 0) is 24.5 Å². The molecule has 1 heterocycles. The molecule has 1 aliphatic carbocycles. The van der Waals surface area contributed by atoms with Crippen LogP contribution in [0.15, 0.2) is 59.6 Å². The number of nitrogens with zero attached hydrogens (tertiary/aromatic N) is 2. The number of para-hydroxylation sites is 1. The summed E-state index contributed by atoms with van der Waals surface area (Å²) in [5, 5.41) is 2.69. The fraction of sp³-hybridized carbons (Fsp3) is 0.400. The highest BCUT2D eigenvalue weighted by atomic mass is 16.5. The third-order valence-electron chi connectivity index (χ3n) is 6.08. The molecular formula is C25H29N3O3. The normalized spacial score (nSPS) is 19.6. The number of nitrogens with one attached hydrogen (secondary N) is 1. The van der Waals surface area contributed by atoms with Crippen LogP contribution in [0.3, 0.4) is 0 Å². The molecule has 1 fully saturated rings. The summed E-state index contributed by atoms with van der Waals surface area (Å²) >= 11 is 0. The van der Waals surface area contributed by atoms with Crippen LogP contribution in [0, 0.1) is 5.92 Å². The molecule has 6 nitrogen and oxygen atoms in total. The zero-order chi connectivity index (χ0) is 21.6. The summed E-state index contributed by atoms with van der Waals surface area (Å²) in [5.41, 5.74) is 3.62. The number of aliphatic imine (C=N–C) groups is 1. The molecule has 0 aromatic heterocycles. The molecule has 0 radical (unpaired) electrons. The molecule has 1 saturated carbocycles. The van der Waals surface area contributed by atoms with Crippen LogP contribution in [-0.4, -0.2) is 30.9 Å². The lowest BCUT2D eigenvalue weighted by molar-refractivity contribution is -0.120. The van der Waals surface area contributed by atoms with Crippen molar-refractivity contribution >= 4 is 23.4 Å². The first-order valence-electron chi connectivity index (χ1n) is 11.1. The fourth-order valence-corrected chi connectivity index (χ4v) is 4.40. The van der Waals surface area contributed by atoms with Gasteiger partial charge in [0.05, 0.1) is 11.4 Å². The smallest absolute Gasteiger partial charge is 0.409 e. The monoisotopic (exact) mass is 419 g/mol. The topological polar surface area (TPSA) is 71.0 Å². The number of ether oxygens (including phenoxy) is 1. The van der Waals surface area contributed by atoms with E-state index in [1.807, 2.05) is 54.6 Å². The highest BCUT2D eigenvalue weighted by molar-refractivity contribution is 6.13. The molecule has 1 unspecified atom stereocenters. The maximum Gasteiger partial charge on any atom is 0.409 e. The first-order chi connectivity index (χ1) is 15.1. The van der Waals surface area contributed by atoms with Crippen molar-refractivity contribution in [3.63, 3.8) is 0 Å². The van der Waals surface area contributed by atoms with Crippen LogP contribution in [0.25, 0.3) is 0 Å². The van der Waals surface area contributed by atoms with Gasteiger partial charge in [-0.25, -0.2) is 4.79 Å². The van der Waals surface area contributed by atoms with Crippen molar-refractivity contribution in [2.45, 2.75) is 51.3 Å². The minimum absolute atomic E-state index is 0.142. The highest BCUT2D eigenvalue weighted by Gasteiger charge is 2.33. The number of likely N-dealkylation sites (N-methyl/N-ethyl adjacent to an activating group) is 1. The average molecular weight is 420 g/mol. The number of hydrogen-bond donors (Lipinski definition) is 1. The molecule has 2 aliphatic rings. The van der Waals surface area contributed by atoms with Crippen LogP contribution < -0.4 is 10.2 Å². The summed E-state index contributed by atoms with van der Waals surface area (Å²) in [7, 11) is 1.73. The third kappa shape index (κ3) is 4.95. The minimum Gasteiger partial charge on any atom is -0.445 e. The van der Waals surface area contributed by atoms with Gasteiger partial charge in [-0.2, -0.15) is 0 Å². The van der Waals surface area contributed by atoms with Gasteiger partial charge >= 0.3 is 6.09 Å². The highest BCUT2D eigenvalue weighted by Crippen LogP contribution is 2.32. The number of carbonyl (C=O) groups is 2. The molecular weight excluding hydrogens is 390 g/mol. The second-order valence-electron chi connectivity index (χ2n) is 8.23. The first-order valence-corrected chi connectivity index (χ1v) is 11.1. The van der Waals surface area contributed by atoms with Crippen molar-refractivity contribution < 1.29 is 14.3 Å². The Labute approximate surface area is 183 Å². The van der Waals surface area contributed by atoms with Gasteiger partial charge in [0, 0.05) is 18.5 Å². The number of amides is 2. The van der Waals surface area contributed by atoms with E-state index < -0.39 is 12.3 Å². The zero-order valence-corrected chi connectivity index (χ0v) is 17.9. The van der Waals surface area contributed by atoms with Crippen molar-refractivity contribution in [3.8, 4) is 0 Å². The van der Waals surface area contributed by atoms with E-state index in [0.29, 0.717) is 0 Å². The van der Waals surface area contributed by atoms with Crippen molar-refractivity contribution in [1.29, 1.82) is 0 Å². The Morgan fingerprint density at radius 1 is 1.03 bits per heavy atom. The number of carbonyl (C=O) groups excluding carboxylic acids is 2. The average Bonchev–Trinajstić information content (AvgIpc) is 3.13. The maximum absolute atomic E-state index is 13.2. The molecule has 1 atom stereocenters. The van der Waals surface area contributed by atoms with E-state index in [2.05, 4.69) is 5.32 Å². The lowest BCUT2D eigenvalue weighted by Crippen LogP contribution is -2.46. The first kappa shape index (κ1) is 21.1. The Bertz CT molecular complexity index is 949. The Morgan fingerprint density at radius 2 is 1.71 bits per heavy atom. The number of benzene rings is 2. The van der Waals surface area contributed by atoms with Gasteiger partial charge in [0.15, 0.2) is 0 Å². The standard InChI is InChI=1S/C25H29N3O3/c1-28-21-16-10-9-15-20(21)22(19-13-7-2-3-8-14-19)26-23(24(28)29)27-25(30)31-17-18-11-5-4-6-12-18/h4-6,9-12,15-16,19,23H,2-3,7-8,13-14,17H2,1H3,(H,27,30). The summed E-state index contributed by atoms with van der Waals surface area (Å²) in [6, 6.07) is 17.3. The largest absolute Gasteiger partial charge is 0.445 e. The van der Waals surface area contributed by atoms with E-state index in [4.69, 9.17) is 9.73 Å². The molecule has 0 bridgehead atoms. The molecule has 0 saturated heterocycles. The van der Waals surface area contributed by atoms with Gasteiger partial charge in [0.1, 0.15) is 6.61 Å². The van der Waals surface area contributed by atoms with Crippen LogP contribution in [-0.2, 0) is 16.1 Å². The van der Waals surface area contributed by atoms with Gasteiger partial charge in [-0.3, -0.25) is 15.1 Å². The van der Waals surface area contributed by atoms with Crippen molar-refractivity contribution in [1.82, 2.24) is 5.32 Å². The second kappa shape index (κ2) is 9.77. The van der Waals surface area contributed by atoms with Crippen molar-refractivity contribution in [2.24, 2.45) is 10.9 Å². The predicted octanol–water partition coefficient (Wildman–Crippen LogP) is 4.68. The molecule has 162 valence electrons. The van der Waals surface area contributed by atoms with Gasteiger partial charge in [-0.15, -0.1) is 0 Å². The van der Waals surface area contributed by atoms with E-state index in [-0.39, 0.29) is 18.4 Å². The van der Waals surface area contributed by atoms with Gasteiger partial charge < -0.3 is 9.64 Å². The summed E-state index contributed by atoms with van der Waals surface area (Å²) in [5.74, 6) is 0.0142. The van der Waals surface area contributed by atoms with E-state index in [9.17, 15) is 9.59 Å². The lowest BCUT2D eigenvalue weighted by atomic mass is 9.89. The number of benzodiazepines with no additional fused rings is 1. The Kier molecular flexibility index (Phi) is 6.65. The number of fused-ring (bicyclic) bond motifs is 1.